The molecule has 0 saturated carbocycles. The summed E-state index contributed by atoms with van der Waals surface area (Å²) in [4.78, 5) is 26.2. The van der Waals surface area contributed by atoms with Crippen molar-refractivity contribution in [1.29, 1.82) is 0 Å². The molecule has 3 rings (SSSR count). The maximum absolute atomic E-state index is 13.3. The number of benzene rings is 2. The predicted octanol–water partition coefficient (Wildman–Crippen LogP) is 4.53. The van der Waals surface area contributed by atoms with Crippen LogP contribution in [0.3, 0.4) is 0 Å². The molecule has 0 fully saturated rings. The minimum absolute atomic E-state index is 0.0755. The monoisotopic (exact) mass is 378 g/mol. The Morgan fingerprint density at radius 1 is 0.960 bits per heavy atom. The first-order chi connectivity index (χ1) is 11.8. The van der Waals surface area contributed by atoms with Gasteiger partial charge in [-0.3, -0.25) is 9.59 Å². The average molecular weight is 379 g/mol. The SMILES string of the molecule is Cc1cc(C)cc(N2C(=O)C(Cl)=C(Nc3ccc(F)c(Cl)c3)C2=O)c1. The lowest BCUT2D eigenvalue weighted by atomic mass is 10.1. The zero-order valence-corrected chi connectivity index (χ0v) is 14.9. The van der Waals surface area contributed by atoms with Crippen LogP contribution in [0.25, 0.3) is 0 Å². The van der Waals surface area contributed by atoms with E-state index >= 15 is 0 Å². The number of nitrogens with zero attached hydrogens (tertiary/aromatic N) is 1. The molecule has 2 aromatic carbocycles. The Morgan fingerprint density at radius 2 is 1.60 bits per heavy atom. The van der Waals surface area contributed by atoms with Crippen molar-refractivity contribution in [3.63, 3.8) is 0 Å². The summed E-state index contributed by atoms with van der Waals surface area (Å²) >= 11 is 11.8. The van der Waals surface area contributed by atoms with E-state index in [4.69, 9.17) is 23.2 Å². The van der Waals surface area contributed by atoms with E-state index in [1.165, 1.54) is 12.1 Å². The van der Waals surface area contributed by atoms with Crippen LogP contribution in [0.15, 0.2) is 47.1 Å². The summed E-state index contributed by atoms with van der Waals surface area (Å²) in [5.41, 5.74) is 2.55. The molecule has 0 saturated heterocycles. The Morgan fingerprint density at radius 3 is 2.20 bits per heavy atom. The summed E-state index contributed by atoms with van der Waals surface area (Å²) < 4.78 is 13.3. The first-order valence-corrected chi connectivity index (χ1v) is 8.12. The predicted molar refractivity (Wildman–Crippen MR) is 96.3 cm³/mol. The molecule has 7 heteroatoms. The zero-order chi connectivity index (χ0) is 18.3. The topological polar surface area (TPSA) is 49.4 Å². The van der Waals surface area contributed by atoms with Gasteiger partial charge in [0.2, 0.25) is 0 Å². The van der Waals surface area contributed by atoms with Gasteiger partial charge in [-0.15, -0.1) is 0 Å². The number of halogens is 3. The van der Waals surface area contributed by atoms with Crippen LogP contribution < -0.4 is 10.2 Å². The van der Waals surface area contributed by atoms with E-state index in [1.54, 1.807) is 12.1 Å². The van der Waals surface area contributed by atoms with Crippen LogP contribution in [0, 0.1) is 19.7 Å². The van der Waals surface area contributed by atoms with Crippen molar-refractivity contribution in [3.8, 4) is 0 Å². The summed E-state index contributed by atoms with van der Waals surface area (Å²) in [6, 6.07) is 9.25. The fraction of sp³-hybridized carbons (Fsp3) is 0.111. The summed E-state index contributed by atoms with van der Waals surface area (Å²) in [5.74, 6) is -1.79. The van der Waals surface area contributed by atoms with Gasteiger partial charge < -0.3 is 5.32 Å². The third kappa shape index (κ3) is 3.25. The van der Waals surface area contributed by atoms with E-state index in [0.717, 1.165) is 22.1 Å². The highest BCUT2D eigenvalue weighted by atomic mass is 35.5. The van der Waals surface area contributed by atoms with Crippen LogP contribution in [0.5, 0.6) is 0 Å². The van der Waals surface area contributed by atoms with E-state index in [-0.39, 0.29) is 15.8 Å². The summed E-state index contributed by atoms with van der Waals surface area (Å²) in [5, 5.41) is 2.41. The molecular formula is C18H13Cl2FN2O2. The van der Waals surface area contributed by atoms with Gasteiger partial charge in [-0.05, 0) is 55.3 Å². The lowest BCUT2D eigenvalue weighted by Crippen LogP contribution is -2.32. The number of anilines is 2. The normalized spacial score (nSPS) is 14.5. The van der Waals surface area contributed by atoms with Gasteiger partial charge in [-0.2, -0.15) is 0 Å². The number of carbonyl (C=O) groups excluding carboxylic acids is 2. The highest BCUT2D eigenvalue weighted by Gasteiger charge is 2.39. The number of nitrogens with one attached hydrogen (secondary N) is 1. The number of amides is 2. The molecule has 0 atom stereocenters. The molecule has 0 unspecified atom stereocenters. The summed E-state index contributed by atoms with van der Waals surface area (Å²) in [6.07, 6.45) is 0. The van der Waals surface area contributed by atoms with Gasteiger partial charge in [-0.1, -0.05) is 29.3 Å². The molecule has 2 aromatic rings. The lowest BCUT2D eigenvalue weighted by molar-refractivity contribution is -0.120. The molecule has 4 nitrogen and oxygen atoms in total. The Kier molecular flexibility index (Phi) is 4.54. The number of hydrogen-bond acceptors (Lipinski definition) is 3. The molecule has 0 aromatic heterocycles. The number of carbonyl (C=O) groups is 2. The second-order valence-corrected chi connectivity index (χ2v) is 6.52. The van der Waals surface area contributed by atoms with Gasteiger partial charge in [0.15, 0.2) is 0 Å². The van der Waals surface area contributed by atoms with Gasteiger partial charge in [0, 0.05) is 5.69 Å². The lowest BCUT2D eigenvalue weighted by Gasteiger charge is -2.16. The maximum atomic E-state index is 13.3. The number of aryl methyl sites for hydroxylation is 2. The summed E-state index contributed by atoms with van der Waals surface area (Å²) in [7, 11) is 0. The standard InChI is InChI=1S/C18H13Cl2FN2O2/c1-9-5-10(2)7-12(6-9)23-17(24)15(20)16(18(23)25)22-11-3-4-14(21)13(19)8-11/h3-8,22H,1-2H3. The first kappa shape index (κ1) is 17.5. The fourth-order valence-electron chi connectivity index (χ4n) is 2.64. The van der Waals surface area contributed by atoms with E-state index in [9.17, 15) is 14.0 Å². The van der Waals surface area contributed by atoms with Gasteiger partial charge in [0.25, 0.3) is 11.8 Å². The van der Waals surface area contributed by atoms with E-state index < -0.39 is 17.6 Å². The van der Waals surface area contributed by atoms with Gasteiger partial charge in [-0.25, -0.2) is 9.29 Å². The molecule has 0 bridgehead atoms. The van der Waals surface area contributed by atoms with E-state index in [0.29, 0.717) is 11.4 Å². The fourth-order valence-corrected chi connectivity index (χ4v) is 3.04. The van der Waals surface area contributed by atoms with Crippen molar-refractivity contribution in [2.45, 2.75) is 13.8 Å². The molecule has 2 amide bonds. The van der Waals surface area contributed by atoms with Crippen molar-refractivity contribution in [1.82, 2.24) is 0 Å². The molecule has 1 N–H and O–H groups in total. The molecule has 0 aliphatic carbocycles. The second kappa shape index (κ2) is 6.50. The van der Waals surface area contributed by atoms with Crippen molar-refractivity contribution in [2.75, 3.05) is 10.2 Å². The van der Waals surface area contributed by atoms with E-state index in [1.807, 2.05) is 19.9 Å². The smallest absolute Gasteiger partial charge is 0.283 e. The number of rotatable bonds is 3. The molecule has 1 heterocycles. The third-order valence-electron chi connectivity index (χ3n) is 3.68. The molecule has 128 valence electrons. The third-order valence-corrected chi connectivity index (χ3v) is 4.32. The van der Waals surface area contributed by atoms with Gasteiger partial charge in [0.05, 0.1) is 10.7 Å². The van der Waals surface area contributed by atoms with Crippen LogP contribution in [0.2, 0.25) is 5.02 Å². The zero-order valence-electron chi connectivity index (χ0n) is 13.4. The Balaban J connectivity index is 1.95. The number of imide groups is 1. The maximum Gasteiger partial charge on any atom is 0.283 e. The van der Waals surface area contributed by atoms with Crippen molar-refractivity contribution in [2.24, 2.45) is 0 Å². The van der Waals surface area contributed by atoms with Crippen LogP contribution in [-0.2, 0) is 9.59 Å². The van der Waals surface area contributed by atoms with Crippen LogP contribution >= 0.6 is 23.2 Å². The van der Waals surface area contributed by atoms with Crippen molar-refractivity contribution in [3.05, 3.63) is 69.1 Å². The Labute approximate surface area is 153 Å². The molecule has 1 aliphatic heterocycles. The van der Waals surface area contributed by atoms with Gasteiger partial charge >= 0.3 is 0 Å². The molecule has 0 radical (unpaired) electrons. The summed E-state index contributed by atoms with van der Waals surface area (Å²) in [6.45, 7) is 3.74. The quantitative estimate of drug-likeness (QED) is 0.798. The van der Waals surface area contributed by atoms with Gasteiger partial charge in [0.1, 0.15) is 16.5 Å². The highest BCUT2D eigenvalue weighted by Crippen LogP contribution is 2.31. The minimum Gasteiger partial charge on any atom is -0.350 e. The average Bonchev–Trinajstić information content (AvgIpc) is 2.73. The van der Waals surface area contributed by atoms with E-state index in [2.05, 4.69) is 5.32 Å². The van der Waals surface area contributed by atoms with Crippen LogP contribution in [0.4, 0.5) is 15.8 Å². The first-order valence-electron chi connectivity index (χ1n) is 7.37. The van der Waals surface area contributed by atoms with Crippen molar-refractivity contribution >= 4 is 46.4 Å². The second-order valence-electron chi connectivity index (χ2n) is 5.73. The van der Waals surface area contributed by atoms with Crippen LogP contribution in [-0.4, -0.2) is 11.8 Å². The molecule has 0 spiro atoms. The minimum atomic E-state index is -0.618. The highest BCUT2D eigenvalue weighted by molar-refractivity contribution is 6.53. The molecular weight excluding hydrogens is 366 g/mol. The molecule has 1 aliphatic rings. The Bertz CT molecular complexity index is 920. The van der Waals surface area contributed by atoms with Crippen molar-refractivity contribution < 1.29 is 14.0 Å². The largest absolute Gasteiger partial charge is 0.350 e. The Hall–Kier alpha value is -2.37. The number of hydrogen-bond donors (Lipinski definition) is 1. The molecule has 25 heavy (non-hydrogen) atoms. The van der Waals surface area contributed by atoms with Crippen LogP contribution in [0.1, 0.15) is 11.1 Å².